The molecule has 0 aliphatic heterocycles. The Hall–Kier alpha value is -2.24. The summed E-state index contributed by atoms with van der Waals surface area (Å²) in [5.74, 6) is -0.106. The van der Waals surface area contributed by atoms with Crippen molar-refractivity contribution in [2.24, 2.45) is 0 Å². The molecule has 0 bridgehead atoms. The third kappa shape index (κ3) is 4.40. The monoisotopic (exact) mass is 366 g/mol. The van der Waals surface area contributed by atoms with E-state index in [0.29, 0.717) is 27.2 Å². The van der Waals surface area contributed by atoms with Gasteiger partial charge in [-0.05, 0) is 24.3 Å². The topological polar surface area (TPSA) is 58.6 Å². The molecule has 2 amide bonds. The maximum absolute atomic E-state index is 12.3. The molecular formula is C17H16Cl2N2O3. The average molecular weight is 367 g/mol. The standard InChI is InChI=1S/C17H16Cl2N2O3/c1-11(22)21(17-14(18)7-4-8-15(17)19)10-16(23)20-12-5-3-6-13(9-12)24-2/h3-9H,10H2,1-2H3,(H,20,23). The average Bonchev–Trinajstić information content (AvgIpc) is 2.53. The largest absolute Gasteiger partial charge is 0.497 e. The van der Waals surface area contributed by atoms with Crippen LogP contribution in [-0.4, -0.2) is 25.5 Å². The molecule has 2 rings (SSSR count). The lowest BCUT2D eigenvalue weighted by atomic mass is 10.2. The van der Waals surface area contributed by atoms with Gasteiger partial charge in [-0.1, -0.05) is 35.3 Å². The van der Waals surface area contributed by atoms with Crippen LogP contribution in [0.1, 0.15) is 6.92 Å². The van der Waals surface area contributed by atoms with Gasteiger partial charge in [-0.2, -0.15) is 0 Å². The molecule has 0 aliphatic carbocycles. The number of carbonyl (C=O) groups excluding carboxylic acids is 2. The lowest BCUT2D eigenvalue weighted by Gasteiger charge is -2.23. The van der Waals surface area contributed by atoms with E-state index in [1.807, 2.05) is 0 Å². The van der Waals surface area contributed by atoms with Crippen LogP contribution in [0.4, 0.5) is 11.4 Å². The Morgan fingerprint density at radius 3 is 2.33 bits per heavy atom. The number of halogens is 2. The second-order valence-electron chi connectivity index (χ2n) is 4.96. The molecule has 0 fully saturated rings. The van der Waals surface area contributed by atoms with Gasteiger partial charge in [-0.25, -0.2) is 0 Å². The lowest BCUT2D eigenvalue weighted by molar-refractivity contribution is -0.120. The summed E-state index contributed by atoms with van der Waals surface area (Å²) >= 11 is 12.2. The summed E-state index contributed by atoms with van der Waals surface area (Å²) in [6, 6.07) is 11.8. The minimum atomic E-state index is -0.380. The summed E-state index contributed by atoms with van der Waals surface area (Å²) < 4.78 is 5.11. The second-order valence-corrected chi connectivity index (χ2v) is 5.77. The van der Waals surface area contributed by atoms with Gasteiger partial charge in [0.15, 0.2) is 0 Å². The maximum Gasteiger partial charge on any atom is 0.244 e. The molecule has 0 saturated carbocycles. The number of para-hydroxylation sites is 1. The lowest BCUT2D eigenvalue weighted by Crippen LogP contribution is -2.37. The number of benzene rings is 2. The minimum absolute atomic E-state index is 0.212. The van der Waals surface area contributed by atoms with E-state index in [0.717, 1.165) is 0 Å². The molecule has 0 spiro atoms. The predicted octanol–water partition coefficient (Wildman–Crippen LogP) is 3.99. The van der Waals surface area contributed by atoms with E-state index >= 15 is 0 Å². The number of nitrogens with one attached hydrogen (secondary N) is 1. The van der Waals surface area contributed by atoms with Crippen LogP contribution >= 0.6 is 23.2 Å². The van der Waals surface area contributed by atoms with Crippen molar-refractivity contribution < 1.29 is 14.3 Å². The molecule has 1 N–H and O–H groups in total. The summed E-state index contributed by atoms with van der Waals surface area (Å²) in [4.78, 5) is 25.5. The number of ether oxygens (including phenoxy) is 1. The zero-order valence-electron chi connectivity index (χ0n) is 13.2. The van der Waals surface area contributed by atoms with Gasteiger partial charge in [0.25, 0.3) is 0 Å². The second kappa shape index (κ2) is 8.04. The molecule has 0 radical (unpaired) electrons. The third-order valence-corrected chi connectivity index (χ3v) is 3.85. The third-order valence-electron chi connectivity index (χ3n) is 3.24. The number of nitrogens with zero attached hydrogens (tertiary/aromatic N) is 1. The van der Waals surface area contributed by atoms with Gasteiger partial charge < -0.3 is 15.0 Å². The number of amides is 2. The maximum atomic E-state index is 12.3. The molecule has 5 nitrogen and oxygen atoms in total. The first-order valence-corrected chi connectivity index (χ1v) is 7.84. The van der Waals surface area contributed by atoms with E-state index in [4.69, 9.17) is 27.9 Å². The van der Waals surface area contributed by atoms with E-state index in [1.165, 1.54) is 18.9 Å². The first kappa shape index (κ1) is 18.1. The van der Waals surface area contributed by atoms with Crippen LogP contribution in [0.15, 0.2) is 42.5 Å². The van der Waals surface area contributed by atoms with E-state index in [1.54, 1.807) is 42.5 Å². The van der Waals surface area contributed by atoms with Crippen LogP contribution in [0.2, 0.25) is 10.0 Å². The van der Waals surface area contributed by atoms with Gasteiger partial charge in [0.05, 0.1) is 22.8 Å². The van der Waals surface area contributed by atoms with Gasteiger partial charge in [0, 0.05) is 18.7 Å². The summed E-state index contributed by atoms with van der Waals surface area (Å²) in [5, 5.41) is 3.31. The molecule has 0 heterocycles. The molecule has 0 aromatic heterocycles. The molecule has 0 saturated heterocycles. The number of rotatable bonds is 5. The van der Waals surface area contributed by atoms with Gasteiger partial charge in [0.2, 0.25) is 11.8 Å². The van der Waals surface area contributed by atoms with Crippen LogP contribution < -0.4 is 15.0 Å². The number of carbonyl (C=O) groups is 2. The summed E-state index contributed by atoms with van der Waals surface area (Å²) in [6.07, 6.45) is 0. The first-order valence-electron chi connectivity index (χ1n) is 7.08. The zero-order valence-corrected chi connectivity index (χ0v) is 14.7. The van der Waals surface area contributed by atoms with Crippen molar-refractivity contribution in [3.05, 3.63) is 52.5 Å². The highest BCUT2D eigenvalue weighted by atomic mass is 35.5. The number of anilines is 2. The fourth-order valence-corrected chi connectivity index (χ4v) is 2.74. The zero-order chi connectivity index (χ0) is 17.7. The Kier molecular flexibility index (Phi) is 6.06. The molecule has 24 heavy (non-hydrogen) atoms. The van der Waals surface area contributed by atoms with Crippen molar-refractivity contribution in [1.29, 1.82) is 0 Å². The Morgan fingerprint density at radius 1 is 1.12 bits per heavy atom. The Morgan fingerprint density at radius 2 is 1.75 bits per heavy atom. The molecule has 7 heteroatoms. The van der Waals surface area contributed by atoms with Crippen LogP contribution in [0.5, 0.6) is 5.75 Å². The van der Waals surface area contributed by atoms with Gasteiger partial charge in [-0.15, -0.1) is 0 Å². The minimum Gasteiger partial charge on any atom is -0.497 e. The van der Waals surface area contributed by atoms with Gasteiger partial charge >= 0.3 is 0 Å². The fourth-order valence-electron chi connectivity index (χ4n) is 2.14. The van der Waals surface area contributed by atoms with E-state index in [2.05, 4.69) is 5.32 Å². The Labute approximate surface area is 150 Å². The van der Waals surface area contributed by atoms with Crippen LogP contribution in [0.25, 0.3) is 0 Å². The van der Waals surface area contributed by atoms with Crippen molar-refractivity contribution in [2.75, 3.05) is 23.9 Å². The van der Waals surface area contributed by atoms with Crippen LogP contribution in [0.3, 0.4) is 0 Å². The first-order chi connectivity index (χ1) is 11.4. The Balaban J connectivity index is 2.19. The van der Waals surface area contributed by atoms with Gasteiger partial charge in [0.1, 0.15) is 12.3 Å². The summed E-state index contributed by atoms with van der Waals surface area (Å²) in [5.41, 5.74) is 0.877. The van der Waals surface area contributed by atoms with Crippen LogP contribution in [0, 0.1) is 0 Å². The quantitative estimate of drug-likeness (QED) is 0.869. The van der Waals surface area contributed by atoms with Gasteiger partial charge in [-0.3, -0.25) is 9.59 Å². The van der Waals surface area contributed by atoms with E-state index in [9.17, 15) is 9.59 Å². The molecule has 0 unspecified atom stereocenters. The number of methoxy groups -OCH3 is 1. The molecule has 2 aromatic rings. The SMILES string of the molecule is COc1cccc(NC(=O)CN(C(C)=O)c2c(Cl)cccc2Cl)c1. The van der Waals surface area contributed by atoms with Crippen molar-refractivity contribution in [3.8, 4) is 5.75 Å². The summed E-state index contributed by atoms with van der Waals surface area (Å²) in [6.45, 7) is 1.13. The highest BCUT2D eigenvalue weighted by Crippen LogP contribution is 2.33. The highest BCUT2D eigenvalue weighted by molar-refractivity contribution is 6.40. The normalized spacial score (nSPS) is 10.2. The molecule has 0 aliphatic rings. The van der Waals surface area contributed by atoms with Crippen LogP contribution in [-0.2, 0) is 9.59 Å². The van der Waals surface area contributed by atoms with E-state index < -0.39 is 0 Å². The molecular weight excluding hydrogens is 351 g/mol. The summed E-state index contributed by atoms with van der Waals surface area (Å²) in [7, 11) is 1.54. The molecule has 126 valence electrons. The highest BCUT2D eigenvalue weighted by Gasteiger charge is 2.21. The van der Waals surface area contributed by atoms with Crippen molar-refractivity contribution in [1.82, 2.24) is 0 Å². The Bertz CT molecular complexity index is 745. The predicted molar refractivity (Wildman–Crippen MR) is 96.1 cm³/mol. The van der Waals surface area contributed by atoms with Crippen molar-refractivity contribution >= 4 is 46.4 Å². The van der Waals surface area contributed by atoms with Crippen molar-refractivity contribution in [2.45, 2.75) is 6.92 Å². The molecule has 2 aromatic carbocycles. The number of hydrogen-bond acceptors (Lipinski definition) is 3. The number of hydrogen-bond donors (Lipinski definition) is 1. The van der Waals surface area contributed by atoms with Crippen molar-refractivity contribution in [3.63, 3.8) is 0 Å². The fraction of sp³-hybridized carbons (Fsp3) is 0.176. The smallest absolute Gasteiger partial charge is 0.244 e. The van der Waals surface area contributed by atoms with E-state index in [-0.39, 0.29) is 18.4 Å². The molecule has 0 atom stereocenters.